The van der Waals surface area contributed by atoms with Crippen molar-refractivity contribution in [3.8, 4) is 11.4 Å². The van der Waals surface area contributed by atoms with E-state index in [1.165, 1.54) is 0 Å². The Balaban J connectivity index is 2.52. The highest BCUT2D eigenvalue weighted by Crippen LogP contribution is 2.32. The maximum atomic E-state index is 6.21. The molecule has 0 aromatic carbocycles. The average molecular weight is 285 g/mol. The molecule has 0 amide bonds. The largest absolute Gasteiger partial charge is 0.372 e. The quantitative estimate of drug-likeness (QED) is 0.931. The molecule has 4 nitrogen and oxygen atoms in total. The van der Waals surface area contributed by atoms with Crippen molar-refractivity contribution in [2.75, 3.05) is 12.4 Å². The number of aromatic nitrogens is 3. The van der Waals surface area contributed by atoms with Crippen molar-refractivity contribution < 1.29 is 0 Å². The molecule has 96 valence electrons. The summed E-state index contributed by atoms with van der Waals surface area (Å²) in [4.78, 5) is 4.44. The van der Waals surface area contributed by atoms with Crippen LogP contribution in [0.4, 0.5) is 5.82 Å². The molecule has 2 heterocycles. The van der Waals surface area contributed by atoms with Crippen LogP contribution in [0.1, 0.15) is 13.3 Å². The molecule has 0 aliphatic heterocycles. The van der Waals surface area contributed by atoms with Gasteiger partial charge in [-0.1, -0.05) is 30.1 Å². The summed E-state index contributed by atoms with van der Waals surface area (Å²) in [6, 6.07) is 3.60. The summed E-state index contributed by atoms with van der Waals surface area (Å²) in [6.07, 6.45) is 2.75. The predicted octanol–water partition coefficient (Wildman–Crippen LogP) is 3.70. The van der Waals surface area contributed by atoms with E-state index in [-0.39, 0.29) is 0 Å². The summed E-state index contributed by atoms with van der Waals surface area (Å²) in [7, 11) is 1.77. The van der Waals surface area contributed by atoms with Gasteiger partial charge in [-0.2, -0.15) is 5.10 Å². The SMILES string of the molecule is CCCn1nccc1-c1nc(NC)c(Cl)cc1Cl. The first-order chi connectivity index (χ1) is 8.67. The number of nitrogens with one attached hydrogen (secondary N) is 1. The van der Waals surface area contributed by atoms with Crippen LogP contribution in [0.15, 0.2) is 18.3 Å². The Morgan fingerprint density at radius 1 is 1.33 bits per heavy atom. The van der Waals surface area contributed by atoms with Gasteiger partial charge >= 0.3 is 0 Å². The number of pyridine rings is 1. The summed E-state index contributed by atoms with van der Waals surface area (Å²) >= 11 is 12.2. The second-order valence-electron chi connectivity index (χ2n) is 3.84. The summed E-state index contributed by atoms with van der Waals surface area (Å²) in [5, 5.41) is 8.24. The molecule has 0 saturated carbocycles. The molecule has 0 aliphatic rings. The number of halogens is 2. The molecule has 18 heavy (non-hydrogen) atoms. The lowest BCUT2D eigenvalue weighted by molar-refractivity contribution is 0.608. The van der Waals surface area contributed by atoms with Crippen molar-refractivity contribution in [1.82, 2.24) is 14.8 Å². The number of aryl methyl sites for hydroxylation is 1. The minimum atomic E-state index is 0.507. The van der Waals surface area contributed by atoms with Crippen molar-refractivity contribution in [3.63, 3.8) is 0 Å². The Bertz CT molecular complexity index is 551. The van der Waals surface area contributed by atoms with E-state index in [4.69, 9.17) is 23.2 Å². The fraction of sp³-hybridized carbons (Fsp3) is 0.333. The van der Waals surface area contributed by atoms with Crippen LogP contribution in [-0.4, -0.2) is 21.8 Å². The zero-order chi connectivity index (χ0) is 13.1. The molecular formula is C12H14Cl2N4. The summed E-state index contributed by atoms with van der Waals surface area (Å²) in [5.74, 6) is 0.611. The van der Waals surface area contributed by atoms with E-state index in [0.717, 1.165) is 18.7 Å². The van der Waals surface area contributed by atoms with Gasteiger partial charge in [0.25, 0.3) is 0 Å². The summed E-state index contributed by atoms with van der Waals surface area (Å²) in [5.41, 5.74) is 1.59. The van der Waals surface area contributed by atoms with Gasteiger partial charge in [-0.3, -0.25) is 4.68 Å². The second kappa shape index (κ2) is 5.59. The summed E-state index contributed by atoms with van der Waals surface area (Å²) in [6.45, 7) is 2.93. The number of hydrogen-bond acceptors (Lipinski definition) is 3. The molecule has 2 aromatic rings. The molecular weight excluding hydrogens is 271 g/mol. The topological polar surface area (TPSA) is 42.7 Å². The lowest BCUT2D eigenvalue weighted by Gasteiger charge is -2.10. The Labute approximate surface area is 116 Å². The molecule has 0 unspecified atom stereocenters. The zero-order valence-corrected chi connectivity index (χ0v) is 11.8. The van der Waals surface area contributed by atoms with Crippen LogP contribution in [0.5, 0.6) is 0 Å². The highest BCUT2D eigenvalue weighted by molar-refractivity contribution is 6.37. The fourth-order valence-corrected chi connectivity index (χ4v) is 2.30. The van der Waals surface area contributed by atoms with Crippen LogP contribution in [-0.2, 0) is 6.54 Å². The molecule has 0 spiro atoms. The van der Waals surface area contributed by atoms with Gasteiger partial charge in [0.1, 0.15) is 11.5 Å². The minimum Gasteiger partial charge on any atom is -0.372 e. The van der Waals surface area contributed by atoms with Gasteiger partial charge in [0, 0.05) is 19.8 Å². The number of rotatable bonds is 4. The van der Waals surface area contributed by atoms with Crippen molar-refractivity contribution in [2.45, 2.75) is 19.9 Å². The van der Waals surface area contributed by atoms with Crippen LogP contribution in [0.25, 0.3) is 11.4 Å². The van der Waals surface area contributed by atoms with E-state index in [1.54, 1.807) is 19.3 Å². The molecule has 2 rings (SSSR count). The van der Waals surface area contributed by atoms with Crippen LogP contribution in [0.2, 0.25) is 10.0 Å². The standard InChI is InChI=1S/C12H14Cl2N4/c1-3-6-18-10(4-5-16-18)11-8(13)7-9(14)12(15-2)17-11/h4-5,7H,3,6H2,1-2H3,(H,15,17). The van der Waals surface area contributed by atoms with Crippen molar-refractivity contribution in [3.05, 3.63) is 28.4 Å². The van der Waals surface area contributed by atoms with E-state index in [9.17, 15) is 0 Å². The van der Waals surface area contributed by atoms with E-state index >= 15 is 0 Å². The van der Waals surface area contributed by atoms with Gasteiger partial charge in [0.2, 0.25) is 0 Å². The minimum absolute atomic E-state index is 0.507. The van der Waals surface area contributed by atoms with Crippen molar-refractivity contribution in [2.24, 2.45) is 0 Å². The van der Waals surface area contributed by atoms with E-state index in [1.807, 2.05) is 10.7 Å². The van der Waals surface area contributed by atoms with Crippen LogP contribution in [0, 0.1) is 0 Å². The first-order valence-electron chi connectivity index (χ1n) is 5.73. The average Bonchev–Trinajstić information content (AvgIpc) is 2.78. The van der Waals surface area contributed by atoms with Crippen molar-refractivity contribution in [1.29, 1.82) is 0 Å². The molecule has 0 saturated heterocycles. The first-order valence-corrected chi connectivity index (χ1v) is 6.49. The van der Waals surface area contributed by atoms with E-state index in [0.29, 0.717) is 21.6 Å². The van der Waals surface area contributed by atoms with Crippen LogP contribution < -0.4 is 5.32 Å². The van der Waals surface area contributed by atoms with Crippen LogP contribution >= 0.6 is 23.2 Å². The molecule has 0 bridgehead atoms. The molecule has 0 aliphatic carbocycles. The third-order valence-corrected chi connectivity index (χ3v) is 3.14. The van der Waals surface area contributed by atoms with E-state index < -0.39 is 0 Å². The van der Waals surface area contributed by atoms with Gasteiger partial charge in [-0.05, 0) is 18.6 Å². The Kier molecular flexibility index (Phi) is 4.09. The van der Waals surface area contributed by atoms with Crippen molar-refractivity contribution >= 4 is 29.0 Å². The molecule has 6 heteroatoms. The number of anilines is 1. The number of hydrogen-bond donors (Lipinski definition) is 1. The number of nitrogens with zero attached hydrogens (tertiary/aromatic N) is 3. The maximum absolute atomic E-state index is 6.21. The Morgan fingerprint density at radius 3 is 2.78 bits per heavy atom. The predicted molar refractivity (Wildman–Crippen MR) is 75.3 cm³/mol. The first kappa shape index (κ1) is 13.2. The van der Waals surface area contributed by atoms with Gasteiger partial charge in [-0.25, -0.2) is 4.98 Å². The third kappa shape index (κ3) is 2.44. The lowest BCUT2D eigenvalue weighted by atomic mass is 10.2. The third-order valence-electron chi connectivity index (χ3n) is 2.56. The van der Waals surface area contributed by atoms with Gasteiger partial charge < -0.3 is 5.32 Å². The lowest BCUT2D eigenvalue weighted by Crippen LogP contribution is -2.03. The maximum Gasteiger partial charge on any atom is 0.145 e. The Morgan fingerprint density at radius 2 is 2.11 bits per heavy atom. The highest BCUT2D eigenvalue weighted by Gasteiger charge is 2.13. The molecule has 2 aromatic heterocycles. The van der Waals surface area contributed by atoms with E-state index in [2.05, 4.69) is 22.3 Å². The molecule has 0 atom stereocenters. The summed E-state index contributed by atoms with van der Waals surface area (Å²) < 4.78 is 1.89. The van der Waals surface area contributed by atoms with Crippen LogP contribution in [0.3, 0.4) is 0 Å². The smallest absolute Gasteiger partial charge is 0.145 e. The zero-order valence-electron chi connectivity index (χ0n) is 10.2. The fourth-order valence-electron chi connectivity index (χ4n) is 1.75. The van der Waals surface area contributed by atoms with Gasteiger partial charge in [0.15, 0.2) is 0 Å². The normalized spacial score (nSPS) is 10.7. The highest BCUT2D eigenvalue weighted by atomic mass is 35.5. The van der Waals surface area contributed by atoms with Gasteiger partial charge in [-0.15, -0.1) is 0 Å². The molecule has 0 fully saturated rings. The second-order valence-corrected chi connectivity index (χ2v) is 4.65. The van der Waals surface area contributed by atoms with Gasteiger partial charge in [0.05, 0.1) is 15.7 Å². The molecule has 1 N–H and O–H groups in total. The monoisotopic (exact) mass is 284 g/mol. The Hall–Kier alpha value is -1.26. The molecule has 0 radical (unpaired) electrons.